The van der Waals surface area contributed by atoms with E-state index in [1.165, 1.54) is 12.1 Å². The molecular weight excluding hydrogens is 363 g/mol. The van der Waals surface area contributed by atoms with E-state index in [0.29, 0.717) is 29.3 Å². The van der Waals surface area contributed by atoms with Gasteiger partial charge < -0.3 is 19.6 Å². The molecule has 0 fully saturated rings. The van der Waals surface area contributed by atoms with E-state index in [4.69, 9.17) is 14.3 Å². The maximum absolute atomic E-state index is 13.4. The summed E-state index contributed by atoms with van der Waals surface area (Å²) in [4.78, 5) is 18.0. The monoisotopic (exact) mass is 384 g/mol. The first kappa shape index (κ1) is 18.3. The van der Waals surface area contributed by atoms with E-state index in [1.54, 1.807) is 18.2 Å². The van der Waals surface area contributed by atoms with Crippen LogP contribution in [0.3, 0.4) is 0 Å². The number of anilines is 1. The average molecular weight is 384 g/mol. The van der Waals surface area contributed by atoms with Gasteiger partial charge in [0.2, 0.25) is 6.10 Å². The minimum Gasteiger partial charge on any atom is -0.492 e. The number of oxime groups is 1. The van der Waals surface area contributed by atoms with Crippen LogP contribution in [0.1, 0.15) is 31.4 Å². The van der Waals surface area contributed by atoms with Gasteiger partial charge in [0.15, 0.2) is 0 Å². The standard InChI is InChI=1S/C21H21FN2O4/c1-3-26-19-9-14-7-12(2)27-18(14)11-17(19)23-21(25)20-10-16(24-28-20)13-5-4-6-15(22)8-13/h4-6,8-9,11-12,20H,3,7,10H2,1-2H3,(H,23,25). The molecule has 6 nitrogen and oxygen atoms in total. The summed E-state index contributed by atoms with van der Waals surface area (Å²) in [5.41, 5.74) is 2.73. The SMILES string of the molecule is CCOc1cc2c(cc1NC(=O)C1CC(c3cccc(F)c3)=NO1)OC(C)C2. The number of benzene rings is 2. The molecule has 0 aromatic heterocycles. The van der Waals surface area contributed by atoms with E-state index in [9.17, 15) is 9.18 Å². The van der Waals surface area contributed by atoms with Gasteiger partial charge in [-0.25, -0.2) is 4.39 Å². The fourth-order valence-corrected chi connectivity index (χ4v) is 3.38. The van der Waals surface area contributed by atoms with Crippen LogP contribution in [-0.2, 0) is 16.1 Å². The maximum Gasteiger partial charge on any atom is 0.268 e. The zero-order valence-electron chi connectivity index (χ0n) is 15.7. The number of ether oxygens (including phenoxy) is 2. The van der Waals surface area contributed by atoms with Gasteiger partial charge in [-0.15, -0.1) is 0 Å². The number of fused-ring (bicyclic) bond motifs is 1. The lowest BCUT2D eigenvalue weighted by atomic mass is 10.0. The van der Waals surface area contributed by atoms with Crippen LogP contribution < -0.4 is 14.8 Å². The van der Waals surface area contributed by atoms with Crippen molar-refractivity contribution in [2.45, 2.75) is 38.9 Å². The first-order valence-corrected chi connectivity index (χ1v) is 9.29. The van der Waals surface area contributed by atoms with Crippen molar-refractivity contribution in [2.75, 3.05) is 11.9 Å². The molecular formula is C21H21FN2O4. The van der Waals surface area contributed by atoms with Crippen LogP contribution in [0.25, 0.3) is 0 Å². The molecule has 2 aliphatic rings. The molecule has 1 N–H and O–H groups in total. The quantitative estimate of drug-likeness (QED) is 0.854. The molecule has 0 aliphatic carbocycles. The number of rotatable bonds is 5. The molecule has 146 valence electrons. The summed E-state index contributed by atoms with van der Waals surface area (Å²) in [6.45, 7) is 4.36. The molecule has 2 heterocycles. The number of hydrogen-bond acceptors (Lipinski definition) is 5. The fourth-order valence-electron chi connectivity index (χ4n) is 3.38. The highest BCUT2D eigenvalue weighted by Gasteiger charge is 2.30. The van der Waals surface area contributed by atoms with Crippen LogP contribution in [0, 0.1) is 5.82 Å². The Bertz CT molecular complexity index is 944. The molecule has 2 unspecified atom stereocenters. The number of amides is 1. The van der Waals surface area contributed by atoms with Crippen molar-refractivity contribution in [3.8, 4) is 11.5 Å². The Morgan fingerprint density at radius 2 is 2.18 bits per heavy atom. The second-order valence-corrected chi connectivity index (χ2v) is 6.86. The molecule has 28 heavy (non-hydrogen) atoms. The number of carbonyl (C=O) groups excluding carboxylic acids is 1. The van der Waals surface area contributed by atoms with Gasteiger partial charge in [0, 0.05) is 30.0 Å². The van der Waals surface area contributed by atoms with Crippen LogP contribution in [0.15, 0.2) is 41.6 Å². The third-order valence-corrected chi connectivity index (χ3v) is 4.68. The second kappa shape index (κ2) is 7.50. The van der Waals surface area contributed by atoms with Gasteiger partial charge in [0.25, 0.3) is 5.91 Å². The van der Waals surface area contributed by atoms with Gasteiger partial charge >= 0.3 is 0 Å². The van der Waals surface area contributed by atoms with Crippen LogP contribution in [0.4, 0.5) is 10.1 Å². The lowest BCUT2D eigenvalue weighted by molar-refractivity contribution is -0.125. The van der Waals surface area contributed by atoms with Crippen molar-refractivity contribution in [3.05, 3.63) is 53.3 Å². The molecule has 0 saturated heterocycles. The van der Waals surface area contributed by atoms with Gasteiger partial charge in [0.1, 0.15) is 23.4 Å². The van der Waals surface area contributed by atoms with E-state index >= 15 is 0 Å². The fraction of sp³-hybridized carbons (Fsp3) is 0.333. The lowest BCUT2D eigenvalue weighted by Crippen LogP contribution is -2.28. The summed E-state index contributed by atoms with van der Waals surface area (Å²) < 4.78 is 24.9. The largest absolute Gasteiger partial charge is 0.492 e. The predicted molar refractivity (Wildman–Crippen MR) is 102 cm³/mol. The minimum absolute atomic E-state index is 0.0934. The highest BCUT2D eigenvalue weighted by molar-refractivity contribution is 6.06. The van der Waals surface area contributed by atoms with E-state index in [0.717, 1.165) is 17.7 Å². The van der Waals surface area contributed by atoms with Crippen molar-refractivity contribution < 1.29 is 23.5 Å². The van der Waals surface area contributed by atoms with Crippen molar-refractivity contribution in [1.29, 1.82) is 0 Å². The number of hydrogen-bond donors (Lipinski definition) is 1. The molecule has 0 bridgehead atoms. The third-order valence-electron chi connectivity index (χ3n) is 4.68. The zero-order valence-corrected chi connectivity index (χ0v) is 15.7. The number of halogens is 1. The van der Waals surface area contributed by atoms with E-state index in [2.05, 4.69) is 10.5 Å². The van der Waals surface area contributed by atoms with Gasteiger partial charge in [-0.3, -0.25) is 4.79 Å². The highest BCUT2D eigenvalue weighted by atomic mass is 19.1. The van der Waals surface area contributed by atoms with Crippen molar-refractivity contribution in [3.63, 3.8) is 0 Å². The third kappa shape index (κ3) is 3.65. The molecule has 2 atom stereocenters. The van der Waals surface area contributed by atoms with Crippen LogP contribution in [-0.4, -0.2) is 30.4 Å². The van der Waals surface area contributed by atoms with E-state index < -0.39 is 6.10 Å². The van der Waals surface area contributed by atoms with Gasteiger partial charge in [-0.05, 0) is 32.0 Å². The molecule has 0 radical (unpaired) electrons. The van der Waals surface area contributed by atoms with Crippen molar-refractivity contribution >= 4 is 17.3 Å². The maximum atomic E-state index is 13.4. The summed E-state index contributed by atoms with van der Waals surface area (Å²) >= 11 is 0. The van der Waals surface area contributed by atoms with Crippen LogP contribution in [0.2, 0.25) is 0 Å². The number of nitrogens with zero attached hydrogens (tertiary/aromatic N) is 1. The lowest BCUT2D eigenvalue weighted by Gasteiger charge is -2.15. The minimum atomic E-state index is -0.791. The summed E-state index contributed by atoms with van der Waals surface area (Å²) in [6, 6.07) is 9.75. The molecule has 7 heteroatoms. The number of carbonyl (C=O) groups is 1. The van der Waals surface area contributed by atoms with Crippen LogP contribution in [0.5, 0.6) is 11.5 Å². The summed E-state index contributed by atoms with van der Waals surface area (Å²) in [5, 5.41) is 6.80. The van der Waals surface area contributed by atoms with Crippen molar-refractivity contribution in [1.82, 2.24) is 0 Å². The molecule has 0 spiro atoms. The Labute approximate surface area is 162 Å². The first-order valence-electron chi connectivity index (χ1n) is 9.29. The van der Waals surface area contributed by atoms with Crippen LogP contribution >= 0.6 is 0 Å². The summed E-state index contributed by atoms with van der Waals surface area (Å²) in [7, 11) is 0. The summed E-state index contributed by atoms with van der Waals surface area (Å²) in [6.07, 6.45) is 0.370. The Balaban J connectivity index is 1.48. The molecule has 2 aromatic rings. The summed E-state index contributed by atoms with van der Waals surface area (Å²) in [5.74, 6) is 0.635. The van der Waals surface area contributed by atoms with Gasteiger partial charge in [-0.1, -0.05) is 17.3 Å². The Morgan fingerprint density at radius 3 is 2.96 bits per heavy atom. The van der Waals surface area contributed by atoms with Crippen molar-refractivity contribution in [2.24, 2.45) is 5.16 Å². The molecule has 2 aliphatic heterocycles. The average Bonchev–Trinajstić information content (AvgIpc) is 3.28. The van der Waals surface area contributed by atoms with E-state index in [1.807, 2.05) is 19.9 Å². The Kier molecular flexibility index (Phi) is 4.90. The Morgan fingerprint density at radius 1 is 1.32 bits per heavy atom. The Hall–Kier alpha value is -3.09. The first-order chi connectivity index (χ1) is 13.5. The molecule has 2 aromatic carbocycles. The normalized spacial score (nSPS) is 20.0. The van der Waals surface area contributed by atoms with Gasteiger partial charge in [0.05, 0.1) is 18.0 Å². The topological polar surface area (TPSA) is 69.2 Å². The molecule has 0 saturated carbocycles. The predicted octanol–water partition coefficient (Wildman–Crippen LogP) is 3.68. The van der Waals surface area contributed by atoms with Gasteiger partial charge in [-0.2, -0.15) is 0 Å². The highest BCUT2D eigenvalue weighted by Crippen LogP contribution is 2.38. The molecule has 1 amide bonds. The zero-order chi connectivity index (χ0) is 19.7. The smallest absolute Gasteiger partial charge is 0.268 e. The van der Waals surface area contributed by atoms with E-state index in [-0.39, 0.29) is 24.2 Å². The molecule has 4 rings (SSSR count). The number of nitrogens with one attached hydrogen (secondary N) is 1. The second-order valence-electron chi connectivity index (χ2n) is 6.86.